The van der Waals surface area contributed by atoms with E-state index in [4.69, 9.17) is 15.7 Å². The summed E-state index contributed by atoms with van der Waals surface area (Å²) in [6.45, 7) is 0.655. The van der Waals surface area contributed by atoms with Crippen LogP contribution < -0.4 is 10.5 Å². The smallest absolute Gasteiger partial charge is 0.224 e. The first-order chi connectivity index (χ1) is 8.31. The minimum atomic E-state index is 0.0273. The highest BCUT2D eigenvalue weighted by Crippen LogP contribution is 2.25. The summed E-state index contributed by atoms with van der Waals surface area (Å²) < 4.78 is 5.66. The first-order valence-corrected chi connectivity index (χ1v) is 5.87. The summed E-state index contributed by atoms with van der Waals surface area (Å²) in [5.41, 5.74) is 6.09. The summed E-state index contributed by atoms with van der Waals surface area (Å²) in [5, 5.41) is 11.6. The summed E-state index contributed by atoms with van der Waals surface area (Å²) >= 11 is 0. The van der Waals surface area contributed by atoms with Crippen LogP contribution in [0.4, 0.5) is 0 Å². The Morgan fingerprint density at radius 2 is 2.29 bits per heavy atom. The Bertz CT molecular complexity index is 400. The number of aromatic nitrogens is 1. The van der Waals surface area contributed by atoms with E-state index in [1.165, 1.54) is 25.7 Å². The number of nitrogens with two attached hydrogens (primary N) is 1. The van der Waals surface area contributed by atoms with Gasteiger partial charge in [-0.1, -0.05) is 18.0 Å². The van der Waals surface area contributed by atoms with Crippen LogP contribution in [0.1, 0.15) is 31.2 Å². The van der Waals surface area contributed by atoms with Crippen molar-refractivity contribution in [1.82, 2.24) is 4.98 Å². The van der Waals surface area contributed by atoms with E-state index in [0.29, 0.717) is 24.0 Å². The summed E-state index contributed by atoms with van der Waals surface area (Å²) in [6.07, 6.45) is 6.63. The number of nitrogens with zero attached hydrogens (tertiary/aromatic N) is 2. The number of ether oxygens (including phenoxy) is 1. The molecule has 1 aliphatic carbocycles. The first-order valence-electron chi connectivity index (χ1n) is 5.87. The quantitative estimate of drug-likeness (QED) is 0.360. The number of rotatable bonds is 4. The van der Waals surface area contributed by atoms with Crippen molar-refractivity contribution in [2.75, 3.05) is 6.61 Å². The Kier molecular flexibility index (Phi) is 3.80. The molecule has 0 spiro atoms. The molecule has 0 aliphatic heterocycles. The van der Waals surface area contributed by atoms with Gasteiger partial charge >= 0.3 is 0 Å². The predicted molar refractivity (Wildman–Crippen MR) is 64.2 cm³/mol. The second kappa shape index (κ2) is 5.52. The molecular weight excluding hydrogens is 218 g/mol. The Hall–Kier alpha value is -1.78. The molecule has 1 heterocycles. The molecule has 0 saturated heterocycles. The SMILES string of the molecule is NC(=NO)c1cccnc1OCC1CCCC1. The molecule has 17 heavy (non-hydrogen) atoms. The molecule has 0 amide bonds. The van der Waals surface area contributed by atoms with E-state index in [1.807, 2.05) is 0 Å². The molecule has 3 N–H and O–H groups in total. The topological polar surface area (TPSA) is 80.7 Å². The van der Waals surface area contributed by atoms with E-state index in [9.17, 15) is 0 Å². The third-order valence-corrected chi connectivity index (χ3v) is 3.09. The van der Waals surface area contributed by atoms with Crippen LogP contribution in [-0.4, -0.2) is 22.6 Å². The van der Waals surface area contributed by atoms with Crippen molar-refractivity contribution in [1.29, 1.82) is 0 Å². The van der Waals surface area contributed by atoms with Gasteiger partial charge in [-0.2, -0.15) is 0 Å². The van der Waals surface area contributed by atoms with Crippen LogP contribution in [0.3, 0.4) is 0 Å². The van der Waals surface area contributed by atoms with Crippen molar-refractivity contribution < 1.29 is 9.94 Å². The Balaban J connectivity index is 2.04. The highest BCUT2D eigenvalue weighted by Gasteiger charge is 2.17. The normalized spacial score (nSPS) is 17.3. The predicted octanol–water partition coefficient (Wildman–Crippen LogP) is 1.75. The lowest BCUT2D eigenvalue weighted by Gasteiger charge is -2.12. The molecule has 0 unspecified atom stereocenters. The molecule has 1 aromatic rings. The van der Waals surface area contributed by atoms with Gasteiger partial charge in [0, 0.05) is 6.20 Å². The summed E-state index contributed by atoms with van der Waals surface area (Å²) in [6, 6.07) is 3.46. The Labute approximate surface area is 100 Å². The number of amidine groups is 1. The summed E-state index contributed by atoms with van der Waals surface area (Å²) in [7, 11) is 0. The molecule has 0 radical (unpaired) electrons. The third-order valence-electron chi connectivity index (χ3n) is 3.09. The molecule has 0 aromatic carbocycles. The van der Waals surface area contributed by atoms with Crippen LogP contribution in [0, 0.1) is 5.92 Å². The minimum Gasteiger partial charge on any atom is -0.477 e. The van der Waals surface area contributed by atoms with Gasteiger partial charge in [-0.3, -0.25) is 0 Å². The Morgan fingerprint density at radius 3 is 3.00 bits per heavy atom. The molecule has 5 nitrogen and oxygen atoms in total. The van der Waals surface area contributed by atoms with Gasteiger partial charge in [0.05, 0.1) is 12.2 Å². The molecule has 0 bridgehead atoms. The maximum Gasteiger partial charge on any atom is 0.224 e. The standard InChI is InChI=1S/C12H17N3O2/c13-11(15-16)10-6-3-7-14-12(10)17-8-9-4-1-2-5-9/h3,6-7,9,16H,1-2,4-5,8H2,(H2,13,15). The zero-order chi connectivity index (χ0) is 12.1. The van der Waals surface area contributed by atoms with Gasteiger partial charge in [0.25, 0.3) is 0 Å². The monoisotopic (exact) mass is 235 g/mol. The van der Waals surface area contributed by atoms with Crippen LogP contribution in [0.2, 0.25) is 0 Å². The zero-order valence-corrected chi connectivity index (χ0v) is 9.67. The van der Waals surface area contributed by atoms with Crippen molar-refractivity contribution in [3.05, 3.63) is 23.9 Å². The van der Waals surface area contributed by atoms with Gasteiger partial charge in [-0.15, -0.1) is 0 Å². The fourth-order valence-corrected chi connectivity index (χ4v) is 2.13. The van der Waals surface area contributed by atoms with E-state index in [2.05, 4.69) is 10.1 Å². The first kappa shape index (κ1) is 11.7. The van der Waals surface area contributed by atoms with Crippen molar-refractivity contribution >= 4 is 5.84 Å². The lowest BCUT2D eigenvalue weighted by Crippen LogP contribution is -2.17. The number of oxime groups is 1. The minimum absolute atomic E-state index is 0.0273. The molecule has 1 saturated carbocycles. The van der Waals surface area contributed by atoms with Crippen molar-refractivity contribution in [3.63, 3.8) is 0 Å². The second-order valence-corrected chi connectivity index (χ2v) is 4.30. The van der Waals surface area contributed by atoms with Crippen LogP contribution in [-0.2, 0) is 0 Å². The molecule has 92 valence electrons. The van der Waals surface area contributed by atoms with Crippen LogP contribution >= 0.6 is 0 Å². The van der Waals surface area contributed by atoms with Gasteiger partial charge in [0.15, 0.2) is 5.84 Å². The van der Waals surface area contributed by atoms with E-state index in [1.54, 1.807) is 18.3 Å². The fraction of sp³-hybridized carbons (Fsp3) is 0.500. The van der Waals surface area contributed by atoms with Crippen LogP contribution in [0.5, 0.6) is 5.88 Å². The van der Waals surface area contributed by atoms with Crippen LogP contribution in [0.25, 0.3) is 0 Å². The average Bonchev–Trinajstić information content (AvgIpc) is 2.89. The average molecular weight is 235 g/mol. The lowest BCUT2D eigenvalue weighted by atomic mass is 10.1. The molecule has 0 atom stereocenters. The zero-order valence-electron chi connectivity index (χ0n) is 9.67. The molecule has 5 heteroatoms. The molecular formula is C12H17N3O2. The Morgan fingerprint density at radius 1 is 1.53 bits per heavy atom. The second-order valence-electron chi connectivity index (χ2n) is 4.30. The van der Waals surface area contributed by atoms with Gasteiger partial charge < -0.3 is 15.7 Å². The van der Waals surface area contributed by atoms with E-state index >= 15 is 0 Å². The summed E-state index contributed by atoms with van der Waals surface area (Å²) in [4.78, 5) is 4.11. The van der Waals surface area contributed by atoms with E-state index in [0.717, 1.165) is 0 Å². The third kappa shape index (κ3) is 2.87. The summed E-state index contributed by atoms with van der Waals surface area (Å²) in [5.74, 6) is 1.08. The molecule has 1 aromatic heterocycles. The highest BCUT2D eigenvalue weighted by atomic mass is 16.5. The van der Waals surface area contributed by atoms with Crippen LogP contribution in [0.15, 0.2) is 23.5 Å². The maximum absolute atomic E-state index is 8.67. The van der Waals surface area contributed by atoms with Gasteiger partial charge in [0.2, 0.25) is 5.88 Å². The highest BCUT2D eigenvalue weighted by molar-refractivity contribution is 5.98. The van der Waals surface area contributed by atoms with E-state index in [-0.39, 0.29) is 5.84 Å². The van der Waals surface area contributed by atoms with Crippen molar-refractivity contribution in [2.24, 2.45) is 16.8 Å². The lowest BCUT2D eigenvalue weighted by molar-refractivity contribution is 0.243. The van der Waals surface area contributed by atoms with Crippen molar-refractivity contribution in [3.8, 4) is 5.88 Å². The molecule has 1 aliphatic rings. The van der Waals surface area contributed by atoms with E-state index < -0.39 is 0 Å². The van der Waals surface area contributed by atoms with Gasteiger partial charge in [-0.25, -0.2) is 4.98 Å². The fourth-order valence-electron chi connectivity index (χ4n) is 2.13. The molecule has 1 fully saturated rings. The van der Waals surface area contributed by atoms with Crippen molar-refractivity contribution in [2.45, 2.75) is 25.7 Å². The number of hydrogen-bond acceptors (Lipinski definition) is 4. The number of hydrogen-bond donors (Lipinski definition) is 2. The van der Waals surface area contributed by atoms with Gasteiger partial charge in [0.1, 0.15) is 0 Å². The largest absolute Gasteiger partial charge is 0.477 e. The number of pyridine rings is 1. The molecule has 2 rings (SSSR count). The maximum atomic E-state index is 8.67. The van der Waals surface area contributed by atoms with Gasteiger partial charge in [-0.05, 0) is 30.9 Å².